The predicted molar refractivity (Wildman–Crippen MR) is 76.4 cm³/mol. The SMILES string of the molecule is CC(C)C[C@H](C#N)NC(=O)CCCc1ccccc1. The smallest absolute Gasteiger partial charge is 0.221 e. The van der Waals surface area contributed by atoms with Crippen molar-refractivity contribution in [1.82, 2.24) is 5.32 Å². The number of hydrogen-bond donors (Lipinski definition) is 1. The third-order valence-corrected chi connectivity index (χ3v) is 2.91. The van der Waals surface area contributed by atoms with E-state index in [0.29, 0.717) is 18.8 Å². The van der Waals surface area contributed by atoms with Crippen molar-refractivity contribution in [3.63, 3.8) is 0 Å². The third kappa shape index (κ3) is 6.61. The fraction of sp³-hybridized carbons (Fsp3) is 0.500. The Morgan fingerprint density at radius 2 is 2.00 bits per heavy atom. The summed E-state index contributed by atoms with van der Waals surface area (Å²) < 4.78 is 0. The fourth-order valence-electron chi connectivity index (χ4n) is 1.98. The van der Waals surface area contributed by atoms with Gasteiger partial charge in [0.05, 0.1) is 6.07 Å². The summed E-state index contributed by atoms with van der Waals surface area (Å²) in [5, 5.41) is 11.7. The van der Waals surface area contributed by atoms with Gasteiger partial charge in [-0.2, -0.15) is 5.26 Å². The largest absolute Gasteiger partial charge is 0.340 e. The number of carbonyl (C=O) groups is 1. The Bertz CT molecular complexity index is 420. The second kappa shape index (κ2) is 8.31. The van der Waals surface area contributed by atoms with Crippen LogP contribution in [-0.4, -0.2) is 11.9 Å². The molecule has 19 heavy (non-hydrogen) atoms. The molecule has 0 fully saturated rings. The molecule has 0 radical (unpaired) electrons. The lowest BCUT2D eigenvalue weighted by Crippen LogP contribution is -2.34. The zero-order chi connectivity index (χ0) is 14.1. The topological polar surface area (TPSA) is 52.9 Å². The maximum Gasteiger partial charge on any atom is 0.221 e. The summed E-state index contributed by atoms with van der Waals surface area (Å²) in [5.74, 6) is 0.386. The Kier molecular flexibility index (Phi) is 6.67. The lowest BCUT2D eigenvalue weighted by Gasteiger charge is -2.13. The highest BCUT2D eigenvalue weighted by Gasteiger charge is 2.12. The molecule has 0 bridgehead atoms. The van der Waals surface area contributed by atoms with Crippen LogP contribution < -0.4 is 5.32 Å². The van der Waals surface area contributed by atoms with Crippen molar-refractivity contribution in [1.29, 1.82) is 5.26 Å². The van der Waals surface area contributed by atoms with E-state index in [-0.39, 0.29) is 11.9 Å². The molecule has 0 aliphatic carbocycles. The Morgan fingerprint density at radius 3 is 2.58 bits per heavy atom. The van der Waals surface area contributed by atoms with E-state index in [4.69, 9.17) is 5.26 Å². The zero-order valence-corrected chi connectivity index (χ0v) is 11.7. The molecule has 0 saturated carbocycles. The van der Waals surface area contributed by atoms with E-state index in [0.717, 1.165) is 12.8 Å². The predicted octanol–water partition coefficient (Wildman–Crippen LogP) is 3.06. The van der Waals surface area contributed by atoms with Gasteiger partial charge in [0, 0.05) is 6.42 Å². The van der Waals surface area contributed by atoms with Gasteiger partial charge >= 0.3 is 0 Å². The van der Waals surface area contributed by atoms with Gasteiger partial charge in [0.25, 0.3) is 0 Å². The molecule has 1 N–H and O–H groups in total. The molecule has 0 saturated heterocycles. The number of aryl methyl sites for hydroxylation is 1. The zero-order valence-electron chi connectivity index (χ0n) is 11.7. The molecule has 1 aromatic rings. The first kappa shape index (κ1) is 15.2. The van der Waals surface area contributed by atoms with Gasteiger partial charge in [0.1, 0.15) is 6.04 Å². The van der Waals surface area contributed by atoms with Crippen LogP contribution in [-0.2, 0) is 11.2 Å². The number of amides is 1. The molecule has 0 spiro atoms. The van der Waals surface area contributed by atoms with Crippen LogP contribution in [0, 0.1) is 17.2 Å². The number of hydrogen-bond acceptors (Lipinski definition) is 2. The molecule has 1 atom stereocenters. The van der Waals surface area contributed by atoms with E-state index in [1.165, 1.54) is 5.56 Å². The van der Waals surface area contributed by atoms with Crippen LogP contribution in [0.25, 0.3) is 0 Å². The van der Waals surface area contributed by atoms with Gasteiger partial charge in [0.15, 0.2) is 0 Å². The number of nitrogens with zero attached hydrogens (tertiary/aromatic N) is 1. The third-order valence-electron chi connectivity index (χ3n) is 2.91. The normalized spacial score (nSPS) is 11.9. The van der Waals surface area contributed by atoms with Gasteiger partial charge < -0.3 is 5.32 Å². The first-order valence-corrected chi connectivity index (χ1v) is 6.84. The minimum absolute atomic E-state index is 0.0249. The molecule has 1 rings (SSSR count). The molecule has 3 heteroatoms. The molecular formula is C16H22N2O. The Balaban J connectivity index is 2.26. The van der Waals surface area contributed by atoms with Gasteiger partial charge in [0.2, 0.25) is 5.91 Å². The van der Waals surface area contributed by atoms with Crippen molar-refractivity contribution in [2.75, 3.05) is 0 Å². The first-order chi connectivity index (χ1) is 9.11. The molecule has 1 amide bonds. The van der Waals surface area contributed by atoms with Crippen molar-refractivity contribution in [3.05, 3.63) is 35.9 Å². The summed E-state index contributed by atoms with van der Waals surface area (Å²) in [6.07, 6.45) is 2.90. The van der Waals surface area contributed by atoms with Crippen LogP contribution in [0.4, 0.5) is 0 Å². The van der Waals surface area contributed by atoms with Crippen LogP contribution in [0.5, 0.6) is 0 Å². The highest BCUT2D eigenvalue weighted by molar-refractivity contribution is 5.76. The van der Waals surface area contributed by atoms with Gasteiger partial charge in [-0.3, -0.25) is 4.79 Å². The highest BCUT2D eigenvalue weighted by Crippen LogP contribution is 2.06. The van der Waals surface area contributed by atoms with Gasteiger partial charge in [-0.05, 0) is 30.7 Å². The number of nitrogens with one attached hydrogen (secondary N) is 1. The molecule has 1 aromatic carbocycles. The van der Waals surface area contributed by atoms with Crippen molar-refractivity contribution in [3.8, 4) is 6.07 Å². The number of carbonyl (C=O) groups excluding carboxylic acids is 1. The lowest BCUT2D eigenvalue weighted by molar-refractivity contribution is -0.121. The van der Waals surface area contributed by atoms with Crippen molar-refractivity contribution >= 4 is 5.91 Å². The molecule has 0 aliphatic heterocycles. The molecule has 0 heterocycles. The molecule has 3 nitrogen and oxygen atoms in total. The fourth-order valence-corrected chi connectivity index (χ4v) is 1.98. The van der Waals surface area contributed by atoms with Crippen LogP contribution >= 0.6 is 0 Å². The standard InChI is InChI=1S/C16H22N2O/c1-13(2)11-15(12-17)18-16(19)10-6-9-14-7-4-3-5-8-14/h3-5,7-8,13,15H,6,9-11H2,1-2H3,(H,18,19)/t15-/m1/s1. The van der Waals surface area contributed by atoms with Crippen molar-refractivity contribution < 1.29 is 4.79 Å². The Hall–Kier alpha value is -1.82. The summed E-state index contributed by atoms with van der Waals surface area (Å²) in [5.41, 5.74) is 1.24. The van der Waals surface area contributed by atoms with E-state index in [1.54, 1.807) is 0 Å². The molecule has 102 valence electrons. The number of rotatable bonds is 7. The molecule has 0 unspecified atom stereocenters. The second-order valence-electron chi connectivity index (χ2n) is 5.22. The second-order valence-corrected chi connectivity index (χ2v) is 5.22. The quantitative estimate of drug-likeness (QED) is 0.817. The lowest BCUT2D eigenvalue weighted by atomic mass is 10.0. The molecule has 0 aliphatic rings. The summed E-state index contributed by atoms with van der Waals surface area (Å²) in [4.78, 5) is 11.7. The maximum atomic E-state index is 11.7. The van der Waals surface area contributed by atoms with E-state index in [1.807, 2.05) is 32.0 Å². The minimum Gasteiger partial charge on any atom is -0.340 e. The van der Waals surface area contributed by atoms with Crippen molar-refractivity contribution in [2.45, 2.75) is 45.6 Å². The summed E-state index contributed by atoms with van der Waals surface area (Å²) in [6.45, 7) is 4.10. The van der Waals surface area contributed by atoms with Crippen LogP contribution in [0.3, 0.4) is 0 Å². The number of nitriles is 1. The van der Waals surface area contributed by atoms with Gasteiger partial charge in [-0.25, -0.2) is 0 Å². The number of benzene rings is 1. The molecular weight excluding hydrogens is 236 g/mol. The summed E-state index contributed by atoms with van der Waals surface area (Å²) in [6, 6.07) is 11.9. The Morgan fingerprint density at radius 1 is 1.32 bits per heavy atom. The van der Waals surface area contributed by atoms with E-state index in [9.17, 15) is 4.79 Å². The van der Waals surface area contributed by atoms with E-state index < -0.39 is 0 Å². The van der Waals surface area contributed by atoms with Crippen LogP contribution in [0.2, 0.25) is 0 Å². The van der Waals surface area contributed by atoms with Crippen LogP contribution in [0.15, 0.2) is 30.3 Å². The average molecular weight is 258 g/mol. The van der Waals surface area contributed by atoms with Gasteiger partial charge in [-0.1, -0.05) is 44.2 Å². The molecule has 0 aromatic heterocycles. The van der Waals surface area contributed by atoms with E-state index in [2.05, 4.69) is 23.5 Å². The summed E-state index contributed by atoms with van der Waals surface area (Å²) in [7, 11) is 0. The maximum absolute atomic E-state index is 11.7. The van der Waals surface area contributed by atoms with Crippen molar-refractivity contribution in [2.24, 2.45) is 5.92 Å². The minimum atomic E-state index is -0.357. The van der Waals surface area contributed by atoms with Gasteiger partial charge in [-0.15, -0.1) is 0 Å². The average Bonchev–Trinajstić information content (AvgIpc) is 2.38. The first-order valence-electron chi connectivity index (χ1n) is 6.84. The van der Waals surface area contributed by atoms with E-state index >= 15 is 0 Å². The van der Waals surface area contributed by atoms with Crippen LogP contribution in [0.1, 0.15) is 38.7 Å². The monoisotopic (exact) mass is 258 g/mol. The summed E-state index contributed by atoms with van der Waals surface area (Å²) >= 11 is 0. The highest BCUT2D eigenvalue weighted by atomic mass is 16.1. The Labute approximate surface area is 115 Å².